The molecule has 0 aliphatic heterocycles. The lowest BCUT2D eigenvalue weighted by Gasteiger charge is -2.07. The molecular formula is C19H14F2N2O4. The van der Waals surface area contributed by atoms with Crippen LogP contribution >= 0.6 is 0 Å². The third-order valence-electron chi connectivity index (χ3n) is 3.80. The van der Waals surface area contributed by atoms with Crippen LogP contribution < -0.4 is 10.7 Å². The molecule has 1 heterocycles. The quantitative estimate of drug-likeness (QED) is 0.688. The number of amides is 1. The van der Waals surface area contributed by atoms with Crippen LogP contribution in [0.5, 0.6) is 0 Å². The van der Waals surface area contributed by atoms with Crippen LogP contribution in [-0.2, 0) is 4.74 Å². The van der Waals surface area contributed by atoms with E-state index in [2.05, 4.69) is 10.3 Å². The van der Waals surface area contributed by atoms with Crippen molar-refractivity contribution in [3.05, 3.63) is 75.6 Å². The van der Waals surface area contributed by atoms with E-state index >= 15 is 0 Å². The lowest BCUT2D eigenvalue weighted by molar-refractivity contribution is 0.0526. The van der Waals surface area contributed by atoms with Crippen LogP contribution in [0.4, 0.5) is 14.5 Å². The number of anilines is 1. The van der Waals surface area contributed by atoms with Gasteiger partial charge in [0.1, 0.15) is 17.2 Å². The molecule has 27 heavy (non-hydrogen) atoms. The normalized spacial score (nSPS) is 10.6. The highest BCUT2D eigenvalue weighted by molar-refractivity contribution is 6.05. The van der Waals surface area contributed by atoms with E-state index in [-0.39, 0.29) is 17.7 Å². The number of ether oxygens (including phenoxy) is 1. The second-order valence-corrected chi connectivity index (χ2v) is 5.59. The second-order valence-electron chi connectivity index (χ2n) is 5.59. The summed E-state index contributed by atoms with van der Waals surface area (Å²) in [7, 11) is 0. The number of rotatable bonds is 4. The fraction of sp³-hybridized carbons (Fsp3) is 0.105. The summed E-state index contributed by atoms with van der Waals surface area (Å²) in [6.45, 7) is 1.92. The predicted molar refractivity (Wildman–Crippen MR) is 94.8 cm³/mol. The van der Waals surface area contributed by atoms with E-state index in [1.54, 1.807) is 6.92 Å². The van der Waals surface area contributed by atoms with Crippen LogP contribution in [0.3, 0.4) is 0 Å². The number of benzene rings is 2. The Balaban J connectivity index is 1.87. The van der Waals surface area contributed by atoms with Crippen LogP contribution in [0.1, 0.15) is 27.6 Å². The number of hydrogen-bond acceptors (Lipinski definition) is 4. The van der Waals surface area contributed by atoms with Crippen LogP contribution in [0.2, 0.25) is 0 Å². The zero-order valence-corrected chi connectivity index (χ0v) is 14.1. The maximum absolute atomic E-state index is 13.9. The van der Waals surface area contributed by atoms with E-state index in [9.17, 15) is 23.2 Å². The van der Waals surface area contributed by atoms with Crippen molar-refractivity contribution in [2.45, 2.75) is 6.92 Å². The molecule has 138 valence electrons. The van der Waals surface area contributed by atoms with E-state index in [4.69, 9.17) is 4.74 Å². The molecule has 0 aliphatic rings. The number of carbonyl (C=O) groups is 2. The summed E-state index contributed by atoms with van der Waals surface area (Å²) >= 11 is 0. The van der Waals surface area contributed by atoms with Gasteiger partial charge in [0.2, 0.25) is 5.43 Å². The van der Waals surface area contributed by atoms with Gasteiger partial charge in [0.15, 0.2) is 0 Å². The van der Waals surface area contributed by atoms with Gasteiger partial charge in [-0.3, -0.25) is 9.59 Å². The topological polar surface area (TPSA) is 88.3 Å². The van der Waals surface area contributed by atoms with Gasteiger partial charge in [-0.25, -0.2) is 13.6 Å². The maximum Gasteiger partial charge on any atom is 0.338 e. The van der Waals surface area contributed by atoms with Crippen molar-refractivity contribution < 1.29 is 23.1 Å². The number of aromatic nitrogens is 1. The number of halogens is 2. The Labute approximate surface area is 151 Å². The first-order valence-corrected chi connectivity index (χ1v) is 7.99. The number of fused-ring (bicyclic) bond motifs is 1. The summed E-state index contributed by atoms with van der Waals surface area (Å²) in [4.78, 5) is 38.9. The highest BCUT2D eigenvalue weighted by Gasteiger charge is 2.17. The monoisotopic (exact) mass is 372 g/mol. The molecule has 2 aromatic carbocycles. The van der Waals surface area contributed by atoms with Crippen LogP contribution in [0, 0.1) is 11.6 Å². The Hall–Kier alpha value is -3.55. The molecule has 3 aromatic rings. The fourth-order valence-electron chi connectivity index (χ4n) is 2.54. The molecule has 0 aliphatic carbocycles. The minimum absolute atomic E-state index is 0.0483. The van der Waals surface area contributed by atoms with Crippen molar-refractivity contribution in [1.29, 1.82) is 0 Å². The van der Waals surface area contributed by atoms with Gasteiger partial charge >= 0.3 is 5.97 Å². The third-order valence-corrected chi connectivity index (χ3v) is 3.80. The lowest BCUT2D eigenvalue weighted by atomic mass is 10.1. The van der Waals surface area contributed by atoms with Gasteiger partial charge in [-0.1, -0.05) is 0 Å². The number of nitrogens with one attached hydrogen (secondary N) is 2. The minimum atomic E-state index is -1.06. The van der Waals surface area contributed by atoms with E-state index in [1.165, 1.54) is 24.3 Å². The molecule has 6 nitrogen and oxygen atoms in total. The van der Waals surface area contributed by atoms with Crippen molar-refractivity contribution in [1.82, 2.24) is 4.98 Å². The first-order chi connectivity index (χ1) is 12.9. The SMILES string of the molecule is CCOC(=O)c1ccc(NC(=O)c2c[nH]c3cc(F)cc(F)c3c2=O)cc1. The summed E-state index contributed by atoms with van der Waals surface area (Å²) < 4.78 is 32.0. The molecule has 0 radical (unpaired) electrons. The average molecular weight is 372 g/mol. The van der Waals surface area contributed by atoms with Crippen molar-refractivity contribution in [2.24, 2.45) is 0 Å². The van der Waals surface area contributed by atoms with E-state index < -0.39 is 34.3 Å². The Morgan fingerprint density at radius 1 is 1.15 bits per heavy atom. The largest absolute Gasteiger partial charge is 0.462 e. The summed E-state index contributed by atoms with van der Waals surface area (Å²) in [5.74, 6) is -3.16. The smallest absolute Gasteiger partial charge is 0.338 e. The zero-order valence-electron chi connectivity index (χ0n) is 14.1. The molecule has 3 rings (SSSR count). The Kier molecular flexibility index (Phi) is 4.98. The molecule has 0 spiro atoms. The lowest BCUT2D eigenvalue weighted by Crippen LogP contribution is -2.22. The molecule has 0 bridgehead atoms. The molecular weight excluding hydrogens is 358 g/mol. The van der Waals surface area contributed by atoms with Crippen LogP contribution in [0.25, 0.3) is 10.9 Å². The third kappa shape index (κ3) is 3.69. The van der Waals surface area contributed by atoms with Gasteiger partial charge in [0.25, 0.3) is 5.91 Å². The van der Waals surface area contributed by atoms with Gasteiger partial charge in [-0.15, -0.1) is 0 Å². The number of H-pyrrole nitrogens is 1. The first-order valence-electron chi connectivity index (χ1n) is 7.99. The van der Waals surface area contributed by atoms with E-state index in [1.807, 2.05) is 0 Å². The average Bonchev–Trinajstić information content (AvgIpc) is 2.62. The number of carbonyl (C=O) groups excluding carboxylic acids is 2. The summed E-state index contributed by atoms with van der Waals surface area (Å²) in [5.41, 5.74) is -0.605. The second kappa shape index (κ2) is 7.36. The molecule has 1 amide bonds. The molecule has 1 aromatic heterocycles. The summed E-state index contributed by atoms with van der Waals surface area (Å²) in [5, 5.41) is 2.08. The van der Waals surface area contributed by atoms with Crippen molar-refractivity contribution in [3.63, 3.8) is 0 Å². The van der Waals surface area contributed by atoms with Crippen molar-refractivity contribution >= 4 is 28.5 Å². The Morgan fingerprint density at radius 2 is 1.85 bits per heavy atom. The number of hydrogen-bond donors (Lipinski definition) is 2. The van der Waals surface area contributed by atoms with Crippen molar-refractivity contribution in [3.8, 4) is 0 Å². The molecule has 0 saturated carbocycles. The van der Waals surface area contributed by atoms with Crippen LogP contribution in [0.15, 0.2) is 47.4 Å². The van der Waals surface area contributed by atoms with Gasteiger partial charge < -0.3 is 15.0 Å². The Morgan fingerprint density at radius 3 is 2.52 bits per heavy atom. The van der Waals surface area contributed by atoms with E-state index in [0.717, 1.165) is 12.3 Å². The molecule has 0 saturated heterocycles. The molecule has 0 unspecified atom stereocenters. The van der Waals surface area contributed by atoms with Gasteiger partial charge in [0, 0.05) is 18.0 Å². The highest BCUT2D eigenvalue weighted by atomic mass is 19.1. The van der Waals surface area contributed by atoms with Gasteiger partial charge in [-0.05, 0) is 37.3 Å². The molecule has 0 fully saturated rings. The number of esters is 1. The number of aromatic amines is 1. The summed E-state index contributed by atoms with van der Waals surface area (Å²) in [6, 6.07) is 7.40. The molecule has 2 N–H and O–H groups in total. The summed E-state index contributed by atoms with van der Waals surface area (Å²) in [6.07, 6.45) is 1.09. The van der Waals surface area contributed by atoms with E-state index in [0.29, 0.717) is 17.3 Å². The molecule has 0 atom stereocenters. The Bertz CT molecular complexity index is 1090. The van der Waals surface area contributed by atoms with Gasteiger partial charge in [0.05, 0.1) is 23.1 Å². The number of pyridine rings is 1. The predicted octanol–water partition coefficient (Wildman–Crippen LogP) is 3.24. The molecule has 8 heteroatoms. The fourth-order valence-corrected chi connectivity index (χ4v) is 2.54. The van der Waals surface area contributed by atoms with Gasteiger partial charge in [-0.2, -0.15) is 0 Å². The van der Waals surface area contributed by atoms with Crippen LogP contribution in [-0.4, -0.2) is 23.5 Å². The standard InChI is InChI=1S/C19H14F2N2O4/c1-2-27-19(26)10-3-5-12(6-4-10)23-18(25)13-9-22-15-8-11(20)7-14(21)16(15)17(13)24/h3-9H,2H2,1H3,(H,22,24)(H,23,25). The van der Waals surface area contributed by atoms with Crippen molar-refractivity contribution in [2.75, 3.05) is 11.9 Å². The maximum atomic E-state index is 13.9. The first kappa shape index (κ1) is 18.2. The zero-order chi connectivity index (χ0) is 19.6. The highest BCUT2D eigenvalue weighted by Crippen LogP contribution is 2.16. The minimum Gasteiger partial charge on any atom is -0.462 e.